The van der Waals surface area contributed by atoms with Crippen molar-refractivity contribution in [1.82, 2.24) is 19.7 Å². The van der Waals surface area contributed by atoms with Crippen molar-refractivity contribution in [3.8, 4) is 0 Å². The number of para-hydroxylation sites is 1. The van der Waals surface area contributed by atoms with Gasteiger partial charge in [0.05, 0.1) is 17.5 Å². The third-order valence-corrected chi connectivity index (χ3v) is 5.29. The maximum atomic E-state index is 12.1. The van der Waals surface area contributed by atoms with Crippen LogP contribution >= 0.6 is 11.8 Å². The summed E-state index contributed by atoms with van der Waals surface area (Å²) < 4.78 is 7.45. The fraction of sp³-hybridized carbons (Fsp3) is 0.300. The van der Waals surface area contributed by atoms with Gasteiger partial charge in [0.25, 0.3) is 0 Å². The van der Waals surface area contributed by atoms with E-state index in [1.165, 1.54) is 11.8 Å². The monoisotopic (exact) mass is 380 g/mol. The van der Waals surface area contributed by atoms with Crippen molar-refractivity contribution in [2.45, 2.75) is 37.9 Å². The minimum absolute atomic E-state index is 0.147. The zero-order chi connectivity index (χ0) is 18.6. The summed E-state index contributed by atoms with van der Waals surface area (Å²) in [4.78, 5) is 16.8. The molecule has 0 aliphatic rings. The molecule has 0 N–H and O–H groups in total. The van der Waals surface area contributed by atoms with Crippen LogP contribution in [0.2, 0.25) is 0 Å². The third kappa shape index (κ3) is 3.73. The third-order valence-electron chi connectivity index (χ3n) is 4.39. The van der Waals surface area contributed by atoms with E-state index < -0.39 is 0 Å². The van der Waals surface area contributed by atoms with Crippen LogP contribution in [0.15, 0.2) is 52.2 Å². The number of ketones is 1. The summed E-state index contributed by atoms with van der Waals surface area (Å²) in [7, 11) is 0. The van der Waals surface area contributed by atoms with Gasteiger partial charge in [-0.25, -0.2) is 4.98 Å². The van der Waals surface area contributed by atoms with E-state index in [0.29, 0.717) is 23.8 Å². The predicted octanol–water partition coefficient (Wildman–Crippen LogP) is 4.28. The molecule has 0 radical (unpaired) electrons. The average molecular weight is 380 g/mol. The molecule has 0 aliphatic heterocycles. The summed E-state index contributed by atoms with van der Waals surface area (Å²) in [6, 6.07) is 11.9. The molecular weight excluding hydrogens is 360 g/mol. The standard InChI is InChI=1S/C20H20N4O2S/c1-2-11-24-17-8-4-3-7-16(17)18-19(24)21-20(23-22-18)27-13-14(25)9-10-15-6-5-12-26-15/h3-8,12H,2,9-11,13H2,1H3. The molecule has 138 valence electrons. The van der Waals surface area contributed by atoms with Crippen LogP contribution in [0, 0.1) is 0 Å². The van der Waals surface area contributed by atoms with Crippen LogP contribution < -0.4 is 0 Å². The smallest absolute Gasteiger partial charge is 0.211 e. The molecule has 4 aromatic rings. The topological polar surface area (TPSA) is 73.8 Å². The van der Waals surface area contributed by atoms with E-state index in [0.717, 1.165) is 40.8 Å². The molecule has 0 aliphatic carbocycles. The van der Waals surface area contributed by atoms with Gasteiger partial charge < -0.3 is 8.98 Å². The molecule has 6 nitrogen and oxygen atoms in total. The van der Waals surface area contributed by atoms with Gasteiger partial charge in [-0.05, 0) is 24.6 Å². The number of aryl methyl sites for hydroxylation is 2. The summed E-state index contributed by atoms with van der Waals surface area (Å²) in [6.07, 6.45) is 3.70. The lowest BCUT2D eigenvalue weighted by atomic mass is 10.2. The molecule has 3 heterocycles. The van der Waals surface area contributed by atoms with Crippen LogP contribution in [0.1, 0.15) is 25.5 Å². The summed E-state index contributed by atoms with van der Waals surface area (Å²) in [5.74, 6) is 1.31. The van der Waals surface area contributed by atoms with Crippen molar-refractivity contribution >= 4 is 39.6 Å². The number of carbonyl (C=O) groups is 1. The summed E-state index contributed by atoms with van der Waals surface area (Å²) in [6.45, 7) is 3.01. The second kappa shape index (κ2) is 7.92. The lowest BCUT2D eigenvalue weighted by Crippen LogP contribution is -2.05. The zero-order valence-corrected chi connectivity index (χ0v) is 15.9. The van der Waals surface area contributed by atoms with Crippen molar-refractivity contribution in [1.29, 1.82) is 0 Å². The Bertz CT molecular complexity index is 1070. The van der Waals surface area contributed by atoms with E-state index in [9.17, 15) is 4.79 Å². The van der Waals surface area contributed by atoms with Crippen LogP contribution in [0.3, 0.4) is 0 Å². The molecule has 0 amide bonds. The highest BCUT2D eigenvalue weighted by atomic mass is 32.2. The Balaban J connectivity index is 1.51. The summed E-state index contributed by atoms with van der Waals surface area (Å²) in [5.41, 5.74) is 2.76. The van der Waals surface area contributed by atoms with Crippen molar-refractivity contribution in [3.05, 3.63) is 48.4 Å². The molecule has 3 aromatic heterocycles. The van der Waals surface area contributed by atoms with Crippen molar-refractivity contribution < 1.29 is 9.21 Å². The highest BCUT2D eigenvalue weighted by molar-refractivity contribution is 7.99. The van der Waals surface area contributed by atoms with Gasteiger partial charge in [0, 0.05) is 24.8 Å². The van der Waals surface area contributed by atoms with Gasteiger partial charge in [-0.3, -0.25) is 4.79 Å². The molecule has 7 heteroatoms. The van der Waals surface area contributed by atoms with Gasteiger partial charge in [0.2, 0.25) is 5.16 Å². The highest BCUT2D eigenvalue weighted by Crippen LogP contribution is 2.27. The number of carbonyl (C=O) groups excluding carboxylic acids is 1. The molecule has 0 atom stereocenters. The maximum Gasteiger partial charge on any atom is 0.211 e. The van der Waals surface area contributed by atoms with E-state index in [1.807, 2.05) is 30.3 Å². The Labute approximate surface area is 161 Å². The van der Waals surface area contributed by atoms with Crippen LogP contribution in [0.25, 0.3) is 22.1 Å². The Hall–Kier alpha value is -2.67. The average Bonchev–Trinajstić information content (AvgIpc) is 3.32. The lowest BCUT2D eigenvalue weighted by Gasteiger charge is -2.04. The largest absolute Gasteiger partial charge is 0.469 e. The van der Waals surface area contributed by atoms with Crippen molar-refractivity contribution in [2.75, 3.05) is 5.75 Å². The van der Waals surface area contributed by atoms with Gasteiger partial charge in [0.1, 0.15) is 17.1 Å². The molecule has 0 fully saturated rings. The SMILES string of the molecule is CCCn1c2ccccc2c2nnc(SCC(=O)CCc3ccco3)nc21. The number of aromatic nitrogens is 4. The van der Waals surface area contributed by atoms with Gasteiger partial charge in [0.15, 0.2) is 5.65 Å². The first-order valence-electron chi connectivity index (χ1n) is 9.05. The number of benzene rings is 1. The lowest BCUT2D eigenvalue weighted by molar-refractivity contribution is -0.116. The molecule has 0 unspecified atom stereocenters. The quantitative estimate of drug-likeness (QED) is 0.425. The first-order chi connectivity index (χ1) is 13.3. The van der Waals surface area contributed by atoms with Crippen molar-refractivity contribution in [2.24, 2.45) is 0 Å². The normalized spacial score (nSPS) is 11.4. The molecule has 0 saturated heterocycles. The minimum atomic E-state index is 0.147. The van der Waals surface area contributed by atoms with E-state index in [4.69, 9.17) is 9.40 Å². The molecular formula is C20H20N4O2S. The molecule has 0 saturated carbocycles. The number of fused-ring (bicyclic) bond motifs is 3. The van der Waals surface area contributed by atoms with E-state index in [2.05, 4.69) is 27.8 Å². The van der Waals surface area contributed by atoms with Crippen molar-refractivity contribution in [3.63, 3.8) is 0 Å². The first-order valence-corrected chi connectivity index (χ1v) is 10.0. The van der Waals surface area contributed by atoms with Gasteiger partial charge in [-0.1, -0.05) is 36.9 Å². The first kappa shape index (κ1) is 17.7. The van der Waals surface area contributed by atoms with E-state index >= 15 is 0 Å². The van der Waals surface area contributed by atoms with Crippen LogP contribution in [0.4, 0.5) is 0 Å². The number of thioether (sulfide) groups is 1. The Morgan fingerprint density at radius 3 is 2.89 bits per heavy atom. The second-order valence-corrected chi connectivity index (χ2v) is 7.28. The number of hydrogen-bond donors (Lipinski definition) is 0. The predicted molar refractivity (Wildman–Crippen MR) is 106 cm³/mol. The zero-order valence-electron chi connectivity index (χ0n) is 15.1. The minimum Gasteiger partial charge on any atom is -0.469 e. The summed E-state index contributed by atoms with van der Waals surface area (Å²) >= 11 is 1.34. The molecule has 0 spiro atoms. The van der Waals surface area contributed by atoms with Gasteiger partial charge in [-0.2, -0.15) is 0 Å². The second-order valence-electron chi connectivity index (χ2n) is 6.34. The molecule has 1 aromatic carbocycles. The number of Topliss-reactive ketones (excluding diaryl/α,β-unsaturated/α-hetero) is 1. The number of hydrogen-bond acceptors (Lipinski definition) is 6. The number of nitrogens with zero attached hydrogens (tertiary/aromatic N) is 4. The fourth-order valence-electron chi connectivity index (χ4n) is 3.14. The molecule has 27 heavy (non-hydrogen) atoms. The van der Waals surface area contributed by atoms with Crippen LogP contribution in [-0.2, 0) is 17.8 Å². The molecule has 0 bridgehead atoms. The van der Waals surface area contributed by atoms with Crippen LogP contribution in [0.5, 0.6) is 0 Å². The molecule has 4 rings (SSSR count). The van der Waals surface area contributed by atoms with Gasteiger partial charge in [-0.15, -0.1) is 10.2 Å². The Morgan fingerprint density at radius 2 is 2.07 bits per heavy atom. The highest BCUT2D eigenvalue weighted by Gasteiger charge is 2.15. The van der Waals surface area contributed by atoms with E-state index in [1.54, 1.807) is 6.26 Å². The van der Waals surface area contributed by atoms with Gasteiger partial charge >= 0.3 is 0 Å². The summed E-state index contributed by atoms with van der Waals surface area (Å²) in [5, 5.41) is 10.2. The van der Waals surface area contributed by atoms with Crippen LogP contribution in [-0.4, -0.2) is 31.3 Å². The van der Waals surface area contributed by atoms with E-state index in [-0.39, 0.29) is 5.78 Å². The fourth-order valence-corrected chi connectivity index (χ4v) is 3.82. The number of rotatable bonds is 8. The Kier molecular flexibility index (Phi) is 5.20. The maximum absolute atomic E-state index is 12.1. The Morgan fingerprint density at radius 1 is 1.19 bits per heavy atom. The number of furan rings is 1.